The fraction of sp³-hybridized carbons (Fsp3) is 0.0556. The Balaban J connectivity index is 1.76. The first-order chi connectivity index (χ1) is 12.4. The second kappa shape index (κ2) is 7.45. The number of aromatic nitrogens is 2. The van der Waals surface area contributed by atoms with Gasteiger partial charge in [-0.25, -0.2) is 18.7 Å². The van der Waals surface area contributed by atoms with Crippen molar-refractivity contribution >= 4 is 34.8 Å². The predicted octanol–water partition coefficient (Wildman–Crippen LogP) is 4.71. The van der Waals surface area contributed by atoms with Gasteiger partial charge in [0.25, 0.3) is 5.91 Å². The molecule has 3 aromatic rings. The van der Waals surface area contributed by atoms with Crippen LogP contribution in [-0.2, 0) is 0 Å². The fourth-order valence-electron chi connectivity index (χ4n) is 2.11. The zero-order valence-corrected chi connectivity index (χ0v) is 14.3. The molecule has 132 valence electrons. The molecule has 5 nitrogen and oxygen atoms in total. The number of nitrogens with zero attached hydrogens (tertiary/aromatic N) is 2. The van der Waals surface area contributed by atoms with E-state index in [4.69, 9.17) is 11.6 Å². The summed E-state index contributed by atoms with van der Waals surface area (Å²) in [5.74, 6) is -2.43. The Hall–Kier alpha value is -3.06. The van der Waals surface area contributed by atoms with Gasteiger partial charge < -0.3 is 10.6 Å². The molecule has 0 atom stereocenters. The lowest BCUT2D eigenvalue weighted by Gasteiger charge is -2.08. The number of nitrogens with one attached hydrogen (secondary N) is 2. The lowest BCUT2D eigenvalue weighted by atomic mass is 10.2. The standard InChI is InChI=1S/C18H13ClF2N4O/c1-10-2-3-11(8-13(10)19)24-18-22-7-6-16(25-18)17(26)23-12-4-5-14(20)15(21)9-12/h2-9H,1H3,(H,23,26)(H,22,24,25). The van der Waals surface area contributed by atoms with Crippen molar-refractivity contribution in [3.05, 3.63) is 76.6 Å². The summed E-state index contributed by atoms with van der Waals surface area (Å²) in [5.41, 5.74) is 1.77. The number of amides is 1. The van der Waals surface area contributed by atoms with Crippen LogP contribution < -0.4 is 10.6 Å². The molecule has 0 bridgehead atoms. The highest BCUT2D eigenvalue weighted by Crippen LogP contribution is 2.22. The van der Waals surface area contributed by atoms with Crippen LogP contribution in [-0.4, -0.2) is 15.9 Å². The Morgan fingerprint density at radius 3 is 2.54 bits per heavy atom. The van der Waals surface area contributed by atoms with Crippen molar-refractivity contribution in [1.29, 1.82) is 0 Å². The monoisotopic (exact) mass is 374 g/mol. The number of benzene rings is 2. The number of carbonyl (C=O) groups excluding carboxylic acids is 1. The molecule has 8 heteroatoms. The fourth-order valence-corrected chi connectivity index (χ4v) is 2.29. The Bertz CT molecular complexity index is 981. The molecular formula is C18H13ClF2N4O. The summed E-state index contributed by atoms with van der Waals surface area (Å²) >= 11 is 6.07. The van der Waals surface area contributed by atoms with Crippen molar-refractivity contribution in [2.24, 2.45) is 0 Å². The number of aryl methyl sites for hydroxylation is 1. The van der Waals surface area contributed by atoms with Crippen LogP contribution in [0.2, 0.25) is 5.02 Å². The molecular weight excluding hydrogens is 362 g/mol. The van der Waals surface area contributed by atoms with E-state index in [-0.39, 0.29) is 17.3 Å². The lowest BCUT2D eigenvalue weighted by Crippen LogP contribution is -2.15. The van der Waals surface area contributed by atoms with Gasteiger partial charge in [-0.05, 0) is 42.8 Å². The summed E-state index contributed by atoms with van der Waals surface area (Å²) < 4.78 is 26.2. The van der Waals surface area contributed by atoms with E-state index in [2.05, 4.69) is 20.6 Å². The van der Waals surface area contributed by atoms with Gasteiger partial charge in [0.05, 0.1) is 0 Å². The van der Waals surface area contributed by atoms with Gasteiger partial charge in [-0.3, -0.25) is 4.79 Å². The van der Waals surface area contributed by atoms with Crippen molar-refractivity contribution in [3.63, 3.8) is 0 Å². The topological polar surface area (TPSA) is 66.9 Å². The van der Waals surface area contributed by atoms with Crippen molar-refractivity contribution in [1.82, 2.24) is 9.97 Å². The lowest BCUT2D eigenvalue weighted by molar-refractivity contribution is 0.102. The predicted molar refractivity (Wildman–Crippen MR) is 95.8 cm³/mol. The van der Waals surface area contributed by atoms with Gasteiger partial charge >= 0.3 is 0 Å². The molecule has 26 heavy (non-hydrogen) atoms. The summed E-state index contributed by atoms with van der Waals surface area (Å²) in [7, 11) is 0. The molecule has 0 saturated heterocycles. The molecule has 0 fully saturated rings. The van der Waals surface area contributed by atoms with E-state index >= 15 is 0 Å². The summed E-state index contributed by atoms with van der Waals surface area (Å²) in [4.78, 5) is 20.4. The summed E-state index contributed by atoms with van der Waals surface area (Å²) in [5, 5.41) is 5.99. The molecule has 0 radical (unpaired) electrons. The van der Waals surface area contributed by atoms with Gasteiger partial charge in [0, 0.05) is 28.7 Å². The van der Waals surface area contributed by atoms with Gasteiger partial charge in [-0.15, -0.1) is 0 Å². The van der Waals surface area contributed by atoms with Gasteiger partial charge in [-0.2, -0.15) is 0 Å². The van der Waals surface area contributed by atoms with Crippen LogP contribution in [0.3, 0.4) is 0 Å². The smallest absolute Gasteiger partial charge is 0.274 e. The van der Waals surface area contributed by atoms with Crippen molar-refractivity contribution in [3.8, 4) is 0 Å². The van der Waals surface area contributed by atoms with Crippen LogP contribution in [0.15, 0.2) is 48.7 Å². The molecule has 1 aromatic heterocycles. The van der Waals surface area contributed by atoms with Crippen molar-refractivity contribution in [2.45, 2.75) is 6.92 Å². The van der Waals surface area contributed by atoms with Crippen molar-refractivity contribution in [2.75, 3.05) is 10.6 Å². The van der Waals surface area contributed by atoms with Crippen LogP contribution >= 0.6 is 11.6 Å². The average Bonchev–Trinajstić information content (AvgIpc) is 2.61. The molecule has 1 heterocycles. The van der Waals surface area contributed by atoms with Crippen LogP contribution in [0.4, 0.5) is 26.1 Å². The highest BCUT2D eigenvalue weighted by atomic mass is 35.5. The number of rotatable bonds is 4. The Labute approximate surface area is 153 Å². The van der Waals surface area contributed by atoms with E-state index in [1.807, 2.05) is 13.0 Å². The van der Waals surface area contributed by atoms with E-state index in [0.29, 0.717) is 10.7 Å². The molecule has 0 aliphatic carbocycles. The number of anilines is 3. The zero-order chi connectivity index (χ0) is 18.7. The van der Waals surface area contributed by atoms with E-state index < -0.39 is 17.5 Å². The quantitative estimate of drug-likeness (QED) is 0.694. The number of carbonyl (C=O) groups is 1. The second-order valence-electron chi connectivity index (χ2n) is 5.44. The molecule has 3 rings (SSSR count). The zero-order valence-electron chi connectivity index (χ0n) is 13.6. The van der Waals surface area contributed by atoms with Gasteiger partial charge in [0.2, 0.25) is 5.95 Å². The third-order valence-electron chi connectivity index (χ3n) is 3.49. The number of hydrogen-bond acceptors (Lipinski definition) is 4. The molecule has 0 saturated carbocycles. The SMILES string of the molecule is Cc1ccc(Nc2nccc(C(=O)Nc3ccc(F)c(F)c3)n2)cc1Cl. The van der Waals surface area contributed by atoms with Gasteiger partial charge in [0.1, 0.15) is 5.69 Å². The summed E-state index contributed by atoms with van der Waals surface area (Å²) in [6.07, 6.45) is 1.41. The Morgan fingerprint density at radius 2 is 1.81 bits per heavy atom. The maximum Gasteiger partial charge on any atom is 0.274 e. The molecule has 0 aliphatic heterocycles. The van der Waals surface area contributed by atoms with E-state index in [0.717, 1.165) is 17.7 Å². The molecule has 0 spiro atoms. The second-order valence-corrected chi connectivity index (χ2v) is 5.84. The van der Waals surface area contributed by atoms with Crippen LogP contribution in [0.5, 0.6) is 0 Å². The number of hydrogen-bond donors (Lipinski definition) is 2. The maximum atomic E-state index is 13.2. The first kappa shape index (κ1) is 17.8. The van der Waals surface area contributed by atoms with Crippen molar-refractivity contribution < 1.29 is 13.6 Å². The molecule has 0 aliphatic rings. The van der Waals surface area contributed by atoms with E-state index in [9.17, 15) is 13.6 Å². The third kappa shape index (κ3) is 4.12. The van der Waals surface area contributed by atoms with E-state index in [1.165, 1.54) is 18.3 Å². The summed E-state index contributed by atoms with van der Waals surface area (Å²) in [6, 6.07) is 9.84. The normalized spacial score (nSPS) is 10.5. The molecule has 1 amide bonds. The number of halogens is 3. The molecule has 0 unspecified atom stereocenters. The Morgan fingerprint density at radius 1 is 1.04 bits per heavy atom. The minimum atomic E-state index is -1.05. The largest absolute Gasteiger partial charge is 0.324 e. The minimum absolute atomic E-state index is 0.0606. The van der Waals surface area contributed by atoms with Crippen LogP contribution in [0.1, 0.15) is 16.1 Å². The third-order valence-corrected chi connectivity index (χ3v) is 3.90. The average molecular weight is 375 g/mol. The van der Waals surface area contributed by atoms with Crippen LogP contribution in [0.25, 0.3) is 0 Å². The van der Waals surface area contributed by atoms with Gasteiger partial charge in [-0.1, -0.05) is 17.7 Å². The van der Waals surface area contributed by atoms with Crippen LogP contribution in [0, 0.1) is 18.6 Å². The highest BCUT2D eigenvalue weighted by molar-refractivity contribution is 6.31. The highest BCUT2D eigenvalue weighted by Gasteiger charge is 2.11. The Kier molecular flexibility index (Phi) is 5.09. The summed E-state index contributed by atoms with van der Waals surface area (Å²) in [6.45, 7) is 1.88. The van der Waals surface area contributed by atoms with Gasteiger partial charge in [0.15, 0.2) is 11.6 Å². The molecule has 2 N–H and O–H groups in total. The van der Waals surface area contributed by atoms with E-state index in [1.54, 1.807) is 12.1 Å². The first-order valence-electron chi connectivity index (χ1n) is 7.55. The maximum absolute atomic E-state index is 13.2. The molecule has 2 aromatic carbocycles. The first-order valence-corrected chi connectivity index (χ1v) is 7.93. The minimum Gasteiger partial charge on any atom is -0.324 e.